The van der Waals surface area contributed by atoms with Gasteiger partial charge in [0.1, 0.15) is 17.2 Å². The molecule has 3 rings (SSSR count). The van der Waals surface area contributed by atoms with Crippen LogP contribution in [0.15, 0.2) is 29.5 Å². The zero-order valence-corrected chi connectivity index (χ0v) is 16.0. The average molecular weight is 369 g/mol. The van der Waals surface area contributed by atoms with Crippen molar-refractivity contribution in [3.63, 3.8) is 0 Å². The van der Waals surface area contributed by atoms with Crippen LogP contribution >= 0.6 is 23.1 Å². The van der Waals surface area contributed by atoms with Crippen molar-refractivity contribution in [2.75, 3.05) is 5.75 Å². The molecule has 2 unspecified atom stereocenters. The van der Waals surface area contributed by atoms with Gasteiger partial charge in [0.05, 0.1) is 12.2 Å². The number of hydrogen-bond acceptors (Lipinski definition) is 5. The second kappa shape index (κ2) is 6.33. The molecule has 124 valence electrons. The molecule has 0 spiro atoms. The van der Waals surface area contributed by atoms with Gasteiger partial charge >= 0.3 is 0 Å². The van der Waals surface area contributed by atoms with E-state index in [1.54, 1.807) is 28.0 Å². The number of rotatable bonds is 5. The molecule has 0 aromatic carbocycles. The molecule has 0 radical (unpaired) electrons. The first-order chi connectivity index (χ1) is 10.8. The summed E-state index contributed by atoms with van der Waals surface area (Å²) in [5.74, 6) is 1.45. The van der Waals surface area contributed by atoms with Crippen LogP contribution in [0.3, 0.4) is 0 Å². The maximum absolute atomic E-state index is 12.3. The van der Waals surface area contributed by atoms with Gasteiger partial charge in [-0.15, -0.1) is 23.1 Å². The summed E-state index contributed by atoms with van der Waals surface area (Å²) < 4.78 is 5.97. The maximum atomic E-state index is 12.3. The van der Waals surface area contributed by atoms with E-state index in [9.17, 15) is 9.59 Å². The van der Waals surface area contributed by atoms with Gasteiger partial charge in [-0.25, -0.2) is 0 Å². The van der Waals surface area contributed by atoms with Gasteiger partial charge < -0.3 is 9.74 Å². The first-order valence-electron chi connectivity index (χ1n) is 7.49. The zero-order chi connectivity index (χ0) is 16.6. The van der Waals surface area contributed by atoms with Gasteiger partial charge in [-0.1, -0.05) is 6.07 Å². The summed E-state index contributed by atoms with van der Waals surface area (Å²) in [4.78, 5) is 27.0. The number of nitrogens with zero attached hydrogens (tertiary/aromatic N) is 1. The first-order valence-corrected chi connectivity index (χ1v) is 12.8. The standard InChI is InChI=1S/C15H20N2O3S2Si/c1-23(2,3)20-10-8-17-14(19)13(15(17)22-9-10)16-12(18)7-11-5-4-6-21-11/h4-6,8,13,15H,7,9H2,1-3H3,(H,16,18). The van der Waals surface area contributed by atoms with Crippen molar-refractivity contribution in [3.8, 4) is 0 Å². The second-order valence-electron chi connectivity index (χ2n) is 6.56. The van der Waals surface area contributed by atoms with Crippen molar-refractivity contribution in [1.82, 2.24) is 10.2 Å². The van der Waals surface area contributed by atoms with Crippen molar-refractivity contribution < 1.29 is 14.0 Å². The van der Waals surface area contributed by atoms with Gasteiger partial charge in [0.25, 0.3) is 5.91 Å². The van der Waals surface area contributed by atoms with E-state index in [4.69, 9.17) is 4.43 Å². The van der Waals surface area contributed by atoms with Crippen LogP contribution in [0.5, 0.6) is 0 Å². The summed E-state index contributed by atoms with van der Waals surface area (Å²) in [5, 5.41) is 4.80. The Morgan fingerprint density at radius 3 is 2.91 bits per heavy atom. The molecule has 0 bridgehead atoms. The summed E-state index contributed by atoms with van der Waals surface area (Å²) in [7, 11) is -1.66. The number of fused-ring (bicyclic) bond motifs is 1. The quantitative estimate of drug-likeness (QED) is 0.640. The number of amides is 2. The molecular formula is C15H20N2O3S2Si. The largest absolute Gasteiger partial charge is 0.546 e. The third-order valence-electron chi connectivity index (χ3n) is 3.43. The topological polar surface area (TPSA) is 58.6 Å². The number of carbonyl (C=O) groups excluding carboxylic acids is 2. The summed E-state index contributed by atoms with van der Waals surface area (Å²) in [6, 6.07) is 3.43. The van der Waals surface area contributed by atoms with Crippen molar-refractivity contribution in [2.24, 2.45) is 0 Å². The average Bonchev–Trinajstić information content (AvgIpc) is 2.96. The van der Waals surface area contributed by atoms with E-state index < -0.39 is 14.4 Å². The second-order valence-corrected chi connectivity index (χ2v) is 13.1. The lowest BCUT2D eigenvalue weighted by atomic mass is 10.1. The molecule has 5 nitrogen and oxygen atoms in total. The third-order valence-corrected chi connectivity index (χ3v) is 6.47. The van der Waals surface area contributed by atoms with Gasteiger partial charge in [-0.2, -0.15) is 0 Å². The van der Waals surface area contributed by atoms with Crippen LogP contribution in [0.1, 0.15) is 4.88 Å². The van der Waals surface area contributed by atoms with Crippen molar-refractivity contribution >= 4 is 43.2 Å². The lowest BCUT2D eigenvalue weighted by Crippen LogP contribution is -2.68. The minimum Gasteiger partial charge on any atom is -0.546 e. The zero-order valence-electron chi connectivity index (χ0n) is 13.4. The Morgan fingerprint density at radius 2 is 2.26 bits per heavy atom. The minimum atomic E-state index is -1.66. The minimum absolute atomic E-state index is 0.0104. The highest BCUT2D eigenvalue weighted by atomic mass is 32.2. The van der Waals surface area contributed by atoms with E-state index in [1.807, 2.05) is 23.7 Å². The van der Waals surface area contributed by atoms with E-state index >= 15 is 0 Å². The van der Waals surface area contributed by atoms with Gasteiger partial charge in [0, 0.05) is 11.1 Å². The number of carbonyl (C=O) groups is 2. The van der Waals surface area contributed by atoms with Crippen LogP contribution in [0.25, 0.3) is 0 Å². The monoisotopic (exact) mass is 368 g/mol. The van der Waals surface area contributed by atoms with Gasteiger partial charge in [-0.05, 0) is 31.1 Å². The molecule has 1 fully saturated rings. The number of hydrogen-bond donors (Lipinski definition) is 1. The summed E-state index contributed by atoms with van der Waals surface area (Å²) in [6.45, 7) is 6.36. The predicted molar refractivity (Wildman–Crippen MR) is 95.6 cm³/mol. The van der Waals surface area contributed by atoms with Crippen LogP contribution in [-0.2, 0) is 20.4 Å². The Hall–Kier alpha value is -1.25. The Labute approximate surface area is 145 Å². The molecule has 0 aliphatic carbocycles. The van der Waals surface area contributed by atoms with Gasteiger partial charge in [0.15, 0.2) is 0 Å². The normalized spacial score (nSPS) is 23.7. The Balaban J connectivity index is 1.57. The Bertz CT molecular complexity index is 640. The maximum Gasteiger partial charge on any atom is 0.253 e. The van der Waals surface area contributed by atoms with Crippen LogP contribution in [0, 0.1) is 0 Å². The summed E-state index contributed by atoms with van der Waals surface area (Å²) in [6.07, 6.45) is 2.14. The van der Waals surface area contributed by atoms with E-state index in [0.29, 0.717) is 6.42 Å². The predicted octanol–water partition coefficient (Wildman–Crippen LogP) is 2.38. The van der Waals surface area contributed by atoms with Crippen LogP contribution in [-0.4, -0.2) is 42.2 Å². The number of β-lactam (4-membered cyclic amide) rings is 1. The van der Waals surface area contributed by atoms with Crippen molar-refractivity contribution in [1.29, 1.82) is 0 Å². The van der Waals surface area contributed by atoms with Crippen LogP contribution in [0.2, 0.25) is 19.6 Å². The molecule has 2 aliphatic heterocycles. The van der Waals surface area contributed by atoms with Crippen LogP contribution in [0.4, 0.5) is 0 Å². The molecule has 8 heteroatoms. The molecule has 23 heavy (non-hydrogen) atoms. The lowest BCUT2D eigenvalue weighted by molar-refractivity contribution is -0.144. The summed E-state index contributed by atoms with van der Waals surface area (Å²) in [5.41, 5.74) is 0. The molecule has 2 aliphatic rings. The first kappa shape index (κ1) is 16.6. The van der Waals surface area contributed by atoms with Crippen molar-refractivity contribution in [3.05, 3.63) is 34.3 Å². The van der Waals surface area contributed by atoms with Gasteiger partial charge in [-0.3, -0.25) is 14.5 Å². The SMILES string of the molecule is C[Si](C)(C)OC1=CN2C(=O)C(NC(=O)Cc3cccs3)C2SC1. The van der Waals surface area contributed by atoms with Crippen LogP contribution < -0.4 is 5.32 Å². The Kier molecular flexibility index (Phi) is 4.57. The van der Waals surface area contributed by atoms with Crippen molar-refractivity contribution in [2.45, 2.75) is 37.5 Å². The summed E-state index contributed by atoms with van der Waals surface area (Å²) >= 11 is 3.19. The highest BCUT2D eigenvalue weighted by Gasteiger charge is 2.49. The highest BCUT2D eigenvalue weighted by molar-refractivity contribution is 8.00. The molecule has 2 amide bonds. The van der Waals surface area contributed by atoms with E-state index in [2.05, 4.69) is 25.0 Å². The van der Waals surface area contributed by atoms with E-state index in [0.717, 1.165) is 16.4 Å². The van der Waals surface area contributed by atoms with E-state index in [1.165, 1.54) is 0 Å². The fourth-order valence-electron chi connectivity index (χ4n) is 2.54. The molecule has 1 aromatic heterocycles. The molecule has 3 heterocycles. The molecule has 1 N–H and O–H groups in total. The number of thiophene rings is 1. The molecule has 0 saturated carbocycles. The Morgan fingerprint density at radius 1 is 1.48 bits per heavy atom. The number of thioether (sulfide) groups is 1. The lowest BCUT2D eigenvalue weighted by Gasteiger charge is -2.47. The van der Waals surface area contributed by atoms with Gasteiger partial charge in [0.2, 0.25) is 14.2 Å². The molecule has 2 atom stereocenters. The third kappa shape index (κ3) is 3.81. The molecule has 1 saturated heterocycles. The fraction of sp³-hybridized carbons (Fsp3) is 0.467. The smallest absolute Gasteiger partial charge is 0.253 e. The molecular weight excluding hydrogens is 348 g/mol. The van der Waals surface area contributed by atoms with E-state index in [-0.39, 0.29) is 17.2 Å². The molecule has 1 aromatic rings. The fourth-order valence-corrected chi connectivity index (χ4v) is 5.43. The highest BCUT2D eigenvalue weighted by Crippen LogP contribution is 2.37. The number of nitrogens with one attached hydrogen (secondary N) is 1.